The maximum Gasteiger partial charge on any atom is 0.326 e. The predicted octanol–water partition coefficient (Wildman–Crippen LogP) is -0.384. The summed E-state index contributed by atoms with van der Waals surface area (Å²) in [6, 6.07) is -1.46. The van der Waals surface area contributed by atoms with E-state index in [4.69, 9.17) is 17.2 Å². The third-order valence-corrected chi connectivity index (χ3v) is 12.2. The highest BCUT2D eigenvalue weighted by Crippen LogP contribution is 2.22. The molecule has 0 unspecified atom stereocenters. The summed E-state index contributed by atoms with van der Waals surface area (Å²) in [6.07, 6.45) is 3.45. The van der Waals surface area contributed by atoms with E-state index in [0.717, 1.165) is 10.9 Å². The Bertz CT molecular complexity index is 2240. The summed E-state index contributed by atoms with van der Waals surface area (Å²) < 4.78 is 0. The Morgan fingerprint density at radius 3 is 1.90 bits per heavy atom. The summed E-state index contributed by atoms with van der Waals surface area (Å²) in [4.78, 5) is 129. The van der Waals surface area contributed by atoms with Crippen molar-refractivity contribution in [3.05, 3.63) is 36.0 Å². The van der Waals surface area contributed by atoms with E-state index in [9.17, 15) is 48.3 Å². The number of hydrogen-bond acceptors (Lipinski definition) is 11. The third kappa shape index (κ3) is 18.4. The summed E-state index contributed by atoms with van der Waals surface area (Å²) in [7, 11) is 0. The van der Waals surface area contributed by atoms with Crippen LogP contribution in [0, 0.1) is 23.7 Å². The minimum atomic E-state index is -1.25. The van der Waals surface area contributed by atoms with Gasteiger partial charge in [-0.15, -0.1) is 0 Å². The van der Waals surface area contributed by atoms with Crippen LogP contribution in [-0.4, -0.2) is 142 Å². The number of carboxylic acid groups (broad SMARTS) is 1. The number of likely N-dealkylation sites (tertiary alicyclic amines) is 1. The van der Waals surface area contributed by atoms with E-state index in [0.29, 0.717) is 24.8 Å². The third-order valence-electron chi connectivity index (χ3n) is 12.2. The average molecular weight is 1010 g/mol. The van der Waals surface area contributed by atoms with E-state index in [1.807, 2.05) is 52.0 Å². The van der Waals surface area contributed by atoms with Crippen LogP contribution in [0.3, 0.4) is 0 Å². The number of hydrogen-bond donors (Lipinski definition) is 12. The maximum atomic E-state index is 14.3. The Kier molecular flexibility index (Phi) is 23.4. The van der Waals surface area contributed by atoms with Gasteiger partial charge in [-0.05, 0) is 80.8 Å². The van der Waals surface area contributed by atoms with Crippen LogP contribution in [0.25, 0.3) is 10.9 Å². The maximum absolute atomic E-state index is 14.3. The number of carbonyl (C=O) groups is 9. The van der Waals surface area contributed by atoms with Crippen molar-refractivity contribution in [1.29, 1.82) is 0 Å². The monoisotopic (exact) mass is 1010 g/mol. The zero-order valence-corrected chi connectivity index (χ0v) is 43.1. The van der Waals surface area contributed by atoms with Gasteiger partial charge in [0.15, 0.2) is 5.96 Å². The number of benzene rings is 1. The molecular weight excluding hydrogens is 931 g/mol. The molecule has 0 spiro atoms. The zero-order valence-electron chi connectivity index (χ0n) is 43.1. The van der Waals surface area contributed by atoms with Crippen molar-refractivity contribution in [3.8, 4) is 0 Å². The number of amides is 8. The number of aliphatic imine (C=N–C) groups is 1. The van der Waals surface area contributed by atoms with Gasteiger partial charge in [-0.25, -0.2) is 4.79 Å². The molecule has 400 valence electrons. The zero-order chi connectivity index (χ0) is 54.0. The molecule has 0 radical (unpaired) electrons. The van der Waals surface area contributed by atoms with Gasteiger partial charge in [-0.1, -0.05) is 73.6 Å². The molecule has 1 aromatic heterocycles. The summed E-state index contributed by atoms with van der Waals surface area (Å²) >= 11 is 0. The first-order valence-corrected chi connectivity index (χ1v) is 24.8. The van der Waals surface area contributed by atoms with Gasteiger partial charge in [-0.3, -0.25) is 43.3 Å². The van der Waals surface area contributed by atoms with Crippen LogP contribution in [0.4, 0.5) is 0 Å². The van der Waals surface area contributed by atoms with Gasteiger partial charge in [0.2, 0.25) is 47.3 Å². The van der Waals surface area contributed by atoms with E-state index < -0.39 is 120 Å². The van der Waals surface area contributed by atoms with E-state index in [-0.39, 0.29) is 56.6 Å². The average Bonchev–Trinajstić information content (AvgIpc) is 3.96. The number of fused-ring (bicyclic) bond motifs is 1. The first-order chi connectivity index (χ1) is 33.8. The summed E-state index contributed by atoms with van der Waals surface area (Å²) in [6.45, 7) is 15.5. The number of aromatic nitrogens is 1. The molecule has 72 heavy (non-hydrogen) atoms. The summed E-state index contributed by atoms with van der Waals surface area (Å²) in [5.41, 5.74) is 18.3. The smallest absolute Gasteiger partial charge is 0.326 e. The molecular formula is C49H79N13O10. The predicted molar refractivity (Wildman–Crippen MR) is 271 cm³/mol. The van der Waals surface area contributed by atoms with Crippen LogP contribution >= 0.6 is 0 Å². The van der Waals surface area contributed by atoms with Gasteiger partial charge in [0, 0.05) is 36.6 Å². The minimum absolute atomic E-state index is 0.00819. The van der Waals surface area contributed by atoms with Crippen LogP contribution in [0.1, 0.15) is 106 Å². The largest absolute Gasteiger partial charge is 0.480 e. The standard InChI is InChI=1S/C49H79N13O10/c1-25(2)20-34(43(66)55-24-38(63)60-39(27(5)6)47(70)62-19-13-17-37(62)46(69)61-40(28(7)8)48(71)72)58-44(67)35(21-26(3)4)59-45(68)36(22-30-23-54-33-16-11-10-14-31(30)33)57-41(64)29(9)56-42(65)32(50)15-12-18-53-49(51)52/h10-11,14,16,23,25-29,32,34-37,39-40,54H,12-13,15,17-22,24,50H2,1-9H3,(H,55,66)(H,56,65)(H,57,64)(H,58,67)(H,59,68)(H,60,63)(H,61,69)(H,71,72)(H4,51,52,53)/t29-,32-,34-,35-,36-,37-,39-,40-/m0/s1. The van der Waals surface area contributed by atoms with Gasteiger partial charge >= 0.3 is 5.97 Å². The van der Waals surface area contributed by atoms with Crippen molar-refractivity contribution in [3.63, 3.8) is 0 Å². The number of aromatic amines is 1. The van der Waals surface area contributed by atoms with E-state index >= 15 is 0 Å². The second-order valence-corrected chi connectivity index (χ2v) is 20.1. The molecule has 0 aliphatic carbocycles. The molecule has 1 aliphatic rings. The number of carboxylic acids is 1. The molecule has 1 aromatic carbocycles. The molecule has 15 N–H and O–H groups in total. The van der Waals surface area contributed by atoms with Crippen molar-refractivity contribution in [2.24, 2.45) is 45.9 Å². The first kappa shape index (κ1) is 59.5. The normalized spacial score (nSPS) is 16.5. The lowest BCUT2D eigenvalue weighted by Crippen LogP contribution is -2.59. The van der Waals surface area contributed by atoms with Crippen molar-refractivity contribution in [2.45, 2.75) is 156 Å². The van der Waals surface area contributed by atoms with Crippen molar-refractivity contribution in [2.75, 3.05) is 19.6 Å². The van der Waals surface area contributed by atoms with Crippen molar-refractivity contribution in [1.82, 2.24) is 47.1 Å². The molecule has 0 bridgehead atoms. The van der Waals surface area contributed by atoms with E-state index in [2.05, 4.69) is 47.2 Å². The fourth-order valence-electron chi connectivity index (χ4n) is 8.29. The van der Waals surface area contributed by atoms with E-state index in [1.54, 1.807) is 33.9 Å². The Balaban J connectivity index is 1.75. The van der Waals surface area contributed by atoms with Gasteiger partial charge < -0.3 is 69.4 Å². The molecule has 8 amide bonds. The van der Waals surface area contributed by atoms with Crippen LogP contribution < -0.4 is 54.4 Å². The Morgan fingerprint density at radius 2 is 1.32 bits per heavy atom. The van der Waals surface area contributed by atoms with Crippen LogP contribution in [0.5, 0.6) is 0 Å². The SMILES string of the molecule is CC(C)C[C@H](NC(=O)[C@H](CC(C)C)NC(=O)[C@H](Cc1c[nH]c2ccccc12)NC(=O)[C@H](C)NC(=O)[C@@H](N)CCCN=C(N)N)C(=O)NCC(=O)N[C@H](C(=O)N1CCC[C@H]1C(=O)N[C@H](C(=O)O)C(C)C)C(C)C. The second kappa shape index (κ2) is 28.3. The lowest BCUT2D eigenvalue weighted by atomic mass is 9.99. The first-order valence-electron chi connectivity index (χ1n) is 24.8. The lowest BCUT2D eigenvalue weighted by molar-refractivity contribution is -0.146. The van der Waals surface area contributed by atoms with E-state index in [1.165, 1.54) is 11.8 Å². The van der Waals surface area contributed by atoms with Crippen molar-refractivity contribution >= 4 is 70.1 Å². The highest BCUT2D eigenvalue weighted by atomic mass is 16.4. The number of carbonyl (C=O) groups excluding carboxylic acids is 8. The van der Waals surface area contributed by atoms with Crippen LogP contribution in [0.2, 0.25) is 0 Å². The number of para-hydroxylation sites is 1. The molecule has 0 saturated carbocycles. The fraction of sp³-hybridized carbons (Fsp3) is 0.633. The highest BCUT2D eigenvalue weighted by molar-refractivity contribution is 5.98. The molecule has 8 atom stereocenters. The number of guanidine groups is 1. The minimum Gasteiger partial charge on any atom is -0.480 e. The molecule has 1 saturated heterocycles. The van der Waals surface area contributed by atoms with Crippen LogP contribution in [0.15, 0.2) is 35.5 Å². The quantitative estimate of drug-likeness (QED) is 0.0294. The summed E-state index contributed by atoms with van der Waals surface area (Å²) in [5.74, 6) is -7.60. The summed E-state index contributed by atoms with van der Waals surface area (Å²) in [5, 5.41) is 29.1. The Labute approximate surface area is 421 Å². The van der Waals surface area contributed by atoms with Crippen LogP contribution in [-0.2, 0) is 49.6 Å². The number of H-pyrrole nitrogens is 1. The topological polar surface area (TPSA) is 368 Å². The number of nitrogens with two attached hydrogens (primary N) is 3. The number of rotatable bonds is 28. The number of nitrogens with one attached hydrogen (secondary N) is 8. The van der Waals surface area contributed by atoms with Gasteiger partial charge in [0.1, 0.15) is 42.3 Å². The van der Waals surface area contributed by atoms with Gasteiger partial charge in [0.25, 0.3) is 0 Å². The molecule has 2 heterocycles. The molecule has 3 rings (SSSR count). The molecule has 1 fully saturated rings. The molecule has 2 aromatic rings. The molecule has 1 aliphatic heterocycles. The van der Waals surface area contributed by atoms with Gasteiger partial charge in [0.05, 0.1) is 12.6 Å². The Hall–Kier alpha value is -6.78. The molecule has 23 nitrogen and oxygen atoms in total. The number of aliphatic carboxylic acids is 1. The lowest BCUT2D eigenvalue weighted by Gasteiger charge is -2.31. The second-order valence-electron chi connectivity index (χ2n) is 20.1. The molecule has 23 heteroatoms. The number of nitrogens with zero attached hydrogens (tertiary/aromatic N) is 2. The highest BCUT2D eigenvalue weighted by Gasteiger charge is 2.40. The fourth-order valence-corrected chi connectivity index (χ4v) is 8.29. The van der Waals surface area contributed by atoms with Crippen molar-refractivity contribution < 1.29 is 48.3 Å². The Morgan fingerprint density at radius 1 is 0.736 bits per heavy atom. The van der Waals surface area contributed by atoms with Gasteiger partial charge in [-0.2, -0.15) is 0 Å².